The summed E-state index contributed by atoms with van der Waals surface area (Å²) in [5.41, 5.74) is 1.43. The first-order valence-electron chi connectivity index (χ1n) is 9.04. The van der Waals surface area contributed by atoms with Crippen LogP contribution >= 0.6 is 11.6 Å². The van der Waals surface area contributed by atoms with E-state index in [4.69, 9.17) is 11.6 Å². The number of nitrogens with one attached hydrogen (secondary N) is 1. The van der Waals surface area contributed by atoms with Gasteiger partial charge in [-0.3, -0.25) is 14.2 Å². The first-order valence-corrected chi connectivity index (χ1v) is 9.42. The summed E-state index contributed by atoms with van der Waals surface area (Å²) in [6, 6.07) is 13.1. The zero-order valence-corrected chi connectivity index (χ0v) is 16.4. The van der Waals surface area contributed by atoms with Crippen molar-refractivity contribution >= 4 is 28.7 Å². The third-order valence-corrected chi connectivity index (χ3v) is 4.85. The van der Waals surface area contributed by atoms with Gasteiger partial charge >= 0.3 is 0 Å². The zero-order valence-electron chi connectivity index (χ0n) is 15.6. The van der Waals surface area contributed by atoms with E-state index < -0.39 is 5.56 Å². The minimum absolute atomic E-state index is 0.0542. The highest BCUT2D eigenvalue weighted by Crippen LogP contribution is 2.14. The molecule has 0 aliphatic carbocycles. The Hall–Kier alpha value is -3.59. The van der Waals surface area contributed by atoms with Crippen LogP contribution in [-0.4, -0.2) is 30.5 Å². The first kappa shape index (κ1) is 19.7. The van der Waals surface area contributed by atoms with Gasteiger partial charge in [0.25, 0.3) is 5.56 Å². The quantitative estimate of drug-likeness (QED) is 0.509. The molecule has 0 saturated carbocycles. The van der Waals surface area contributed by atoms with E-state index >= 15 is 0 Å². The summed E-state index contributed by atoms with van der Waals surface area (Å²) in [7, 11) is 0. The van der Waals surface area contributed by atoms with Crippen molar-refractivity contribution in [2.45, 2.75) is 19.6 Å². The van der Waals surface area contributed by atoms with E-state index in [0.29, 0.717) is 5.02 Å². The van der Waals surface area contributed by atoms with Gasteiger partial charge in [-0.05, 0) is 29.3 Å². The fraction of sp³-hybridized carbons (Fsp3) is 0.150. The van der Waals surface area contributed by atoms with Crippen LogP contribution in [0.5, 0.6) is 0 Å². The van der Waals surface area contributed by atoms with Gasteiger partial charge < -0.3 is 5.32 Å². The molecule has 8 nitrogen and oxygen atoms in total. The molecule has 2 aromatic carbocycles. The number of rotatable bonds is 6. The predicted molar refractivity (Wildman–Crippen MR) is 108 cm³/mol. The lowest BCUT2D eigenvalue weighted by molar-refractivity contribution is -0.121. The van der Waals surface area contributed by atoms with Gasteiger partial charge in [0.2, 0.25) is 5.91 Å². The smallest absolute Gasteiger partial charge is 0.283 e. The van der Waals surface area contributed by atoms with Crippen LogP contribution in [0.2, 0.25) is 5.02 Å². The van der Waals surface area contributed by atoms with E-state index in [0.717, 1.165) is 11.1 Å². The summed E-state index contributed by atoms with van der Waals surface area (Å²) >= 11 is 6.07. The Morgan fingerprint density at radius 1 is 1.13 bits per heavy atom. The van der Waals surface area contributed by atoms with Crippen LogP contribution < -0.4 is 10.9 Å². The number of benzene rings is 2. The van der Waals surface area contributed by atoms with Crippen molar-refractivity contribution in [3.05, 3.63) is 87.2 Å². The molecule has 0 atom stereocenters. The van der Waals surface area contributed by atoms with Crippen LogP contribution in [0, 0.1) is 5.82 Å². The minimum atomic E-state index is -0.474. The molecule has 0 radical (unpaired) electrons. The Kier molecular flexibility index (Phi) is 5.53. The van der Waals surface area contributed by atoms with E-state index in [1.807, 2.05) is 12.1 Å². The van der Waals surface area contributed by atoms with Crippen molar-refractivity contribution < 1.29 is 9.18 Å². The number of hydrogen-bond donors (Lipinski definition) is 1. The maximum Gasteiger partial charge on any atom is 0.283 e. The lowest BCUT2D eigenvalue weighted by atomic mass is 10.2. The molecule has 0 aliphatic heterocycles. The molecule has 1 amide bonds. The van der Waals surface area contributed by atoms with Gasteiger partial charge in [0.05, 0.1) is 6.54 Å². The summed E-state index contributed by atoms with van der Waals surface area (Å²) in [6.07, 6.45) is 1.28. The Morgan fingerprint density at radius 2 is 1.90 bits per heavy atom. The highest BCUT2D eigenvalue weighted by molar-refractivity contribution is 6.31. The van der Waals surface area contributed by atoms with Crippen LogP contribution in [0.15, 0.2) is 59.7 Å². The highest BCUT2D eigenvalue weighted by Gasteiger charge is 2.14. The molecule has 4 aromatic rings. The fourth-order valence-corrected chi connectivity index (χ4v) is 3.12. The van der Waals surface area contributed by atoms with E-state index in [9.17, 15) is 14.0 Å². The molecule has 10 heteroatoms. The second-order valence-corrected chi connectivity index (χ2v) is 7.00. The van der Waals surface area contributed by atoms with Gasteiger partial charge in [0, 0.05) is 11.6 Å². The number of amides is 1. The van der Waals surface area contributed by atoms with Gasteiger partial charge in [-0.1, -0.05) is 47.1 Å². The summed E-state index contributed by atoms with van der Waals surface area (Å²) in [5.74, 6) is -0.701. The standard InChI is InChI=1S/C20H16ClFN6O2/c21-16-4-2-1-3-14(16)9-23-17(29)11-27-12-24-19-18(20(27)30)25-26-28(19)10-13-5-7-15(22)8-6-13/h1-8,12H,9-11H2,(H,23,29). The first-order chi connectivity index (χ1) is 14.5. The number of fused-ring (bicyclic) bond motifs is 1. The molecule has 2 heterocycles. The van der Waals surface area contributed by atoms with E-state index in [1.165, 1.54) is 27.7 Å². The van der Waals surface area contributed by atoms with Crippen molar-refractivity contribution in [3.63, 3.8) is 0 Å². The van der Waals surface area contributed by atoms with Gasteiger partial charge in [-0.25, -0.2) is 14.1 Å². The molecule has 0 fully saturated rings. The zero-order chi connectivity index (χ0) is 21.1. The van der Waals surface area contributed by atoms with Crippen molar-refractivity contribution in [1.82, 2.24) is 29.9 Å². The largest absolute Gasteiger partial charge is 0.350 e. The second kappa shape index (κ2) is 8.42. The van der Waals surface area contributed by atoms with E-state index in [1.54, 1.807) is 24.3 Å². The summed E-state index contributed by atoms with van der Waals surface area (Å²) in [6.45, 7) is 0.319. The van der Waals surface area contributed by atoms with Gasteiger partial charge in [-0.2, -0.15) is 0 Å². The number of carbonyl (C=O) groups is 1. The maximum atomic E-state index is 13.1. The molecule has 2 aromatic heterocycles. The van der Waals surface area contributed by atoms with Crippen LogP contribution in [-0.2, 0) is 24.4 Å². The lowest BCUT2D eigenvalue weighted by Gasteiger charge is -2.08. The predicted octanol–water partition coefficient (Wildman–Crippen LogP) is 2.15. The maximum absolute atomic E-state index is 13.1. The van der Waals surface area contributed by atoms with Crippen LogP contribution in [0.3, 0.4) is 0 Å². The normalized spacial score (nSPS) is 11.0. The van der Waals surface area contributed by atoms with Gasteiger partial charge in [0.1, 0.15) is 18.7 Å². The summed E-state index contributed by atoms with van der Waals surface area (Å²) in [4.78, 5) is 29.1. The Labute approximate surface area is 174 Å². The highest BCUT2D eigenvalue weighted by atomic mass is 35.5. The molecule has 152 valence electrons. The monoisotopic (exact) mass is 426 g/mol. The molecule has 0 bridgehead atoms. The fourth-order valence-electron chi connectivity index (χ4n) is 2.92. The minimum Gasteiger partial charge on any atom is -0.350 e. The Morgan fingerprint density at radius 3 is 2.67 bits per heavy atom. The van der Waals surface area contributed by atoms with E-state index in [2.05, 4.69) is 20.6 Å². The molecule has 1 N–H and O–H groups in total. The average molecular weight is 427 g/mol. The average Bonchev–Trinajstić information content (AvgIpc) is 3.14. The third kappa shape index (κ3) is 4.20. The van der Waals surface area contributed by atoms with Crippen molar-refractivity contribution in [1.29, 1.82) is 0 Å². The number of carbonyl (C=O) groups excluding carboxylic acids is 1. The number of halogens is 2. The van der Waals surface area contributed by atoms with Crippen molar-refractivity contribution in [2.75, 3.05) is 0 Å². The van der Waals surface area contributed by atoms with Crippen molar-refractivity contribution in [2.24, 2.45) is 0 Å². The molecule has 4 rings (SSSR count). The van der Waals surface area contributed by atoms with E-state index in [-0.39, 0.29) is 42.5 Å². The number of aromatic nitrogens is 5. The third-order valence-electron chi connectivity index (χ3n) is 4.49. The molecular weight excluding hydrogens is 411 g/mol. The number of nitrogens with zero attached hydrogens (tertiary/aromatic N) is 5. The Bertz CT molecular complexity index is 1270. The SMILES string of the molecule is O=C(Cn1cnc2c(nnn2Cc2ccc(F)cc2)c1=O)NCc1ccccc1Cl. The molecule has 30 heavy (non-hydrogen) atoms. The summed E-state index contributed by atoms with van der Waals surface area (Å²) in [5, 5.41) is 11.1. The summed E-state index contributed by atoms with van der Waals surface area (Å²) < 4.78 is 15.7. The molecule has 0 aliphatic rings. The number of hydrogen-bond acceptors (Lipinski definition) is 5. The van der Waals surface area contributed by atoms with Crippen molar-refractivity contribution in [3.8, 4) is 0 Å². The van der Waals surface area contributed by atoms with Crippen LogP contribution in [0.4, 0.5) is 4.39 Å². The van der Waals surface area contributed by atoms with Crippen LogP contribution in [0.1, 0.15) is 11.1 Å². The van der Waals surface area contributed by atoms with Crippen LogP contribution in [0.25, 0.3) is 11.2 Å². The second-order valence-electron chi connectivity index (χ2n) is 6.59. The Balaban J connectivity index is 1.48. The molecule has 0 saturated heterocycles. The molecular formula is C20H16ClFN6O2. The van der Waals surface area contributed by atoms with Gasteiger partial charge in [-0.15, -0.1) is 5.10 Å². The topological polar surface area (TPSA) is 94.7 Å². The lowest BCUT2D eigenvalue weighted by Crippen LogP contribution is -2.32. The van der Waals surface area contributed by atoms with Gasteiger partial charge in [0.15, 0.2) is 11.2 Å². The molecule has 0 unspecified atom stereocenters. The molecule has 0 spiro atoms.